The summed E-state index contributed by atoms with van der Waals surface area (Å²) in [5.41, 5.74) is 3.69. The fraction of sp³-hybridized carbons (Fsp3) is 0.409. The Morgan fingerprint density at radius 3 is 1.43 bits per heavy atom. The van der Waals surface area contributed by atoms with Crippen LogP contribution in [0.2, 0.25) is 18.1 Å². The van der Waals surface area contributed by atoms with E-state index in [1.807, 2.05) is 128 Å². The van der Waals surface area contributed by atoms with Crippen molar-refractivity contribution >= 4 is 20.2 Å². The van der Waals surface area contributed by atoms with Crippen molar-refractivity contribution in [3.63, 3.8) is 0 Å². The summed E-state index contributed by atoms with van der Waals surface area (Å²) in [5, 5.41) is 3.01. The molecule has 1 amide bonds. The molecule has 0 aliphatic heterocycles. The number of ether oxygens (including phenoxy) is 4. The van der Waals surface area contributed by atoms with Crippen molar-refractivity contribution < 1.29 is 33.0 Å². The predicted molar refractivity (Wildman–Crippen MR) is 212 cm³/mol. The molecule has 0 heterocycles. The van der Waals surface area contributed by atoms with Gasteiger partial charge >= 0.3 is 5.97 Å². The highest BCUT2D eigenvalue weighted by molar-refractivity contribution is 6.73. The van der Waals surface area contributed by atoms with E-state index in [2.05, 4.69) is 26.1 Å². The number of nitrogens with one attached hydrogen (secondary N) is 1. The lowest BCUT2D eigenvalue weighted by Gasteiger charge is -2.40. The van der Waals surface area contributed by atoms with Crippen LogP contribution in [-0.2, 0) is 59.2 Å². The lowest BCUT2D eigenvalue weighted by atomic mass is 10.0. The van der Waals surface area contributed by atoms with Crippen LogP contribution in [0.4, 0.5) is 0 Å². The Balaban J connectivity index is 1.78. The SMILES string of the molecule is CCOC(=O)[C@H](Cc1ccccc1)NC(=O)[C@H](OCc1ccccc1)[C@H](OCc1ccccc1)[C@@H](OCc1ccccc1)[C@H](C)O[Si](CC)(CC)CC. The Morgan fingerprint density at radius 1 is 0.585 bits per heavy atom. The van der Waals surface area contributed by atoms with Gasteiger partial charge in [-0.1, -0.05) is 142 Å². The van der Waals surface area contributed by atoms with Gasteiger partial charge in [0.2, 0.25) is 0 Å². The molecule has 5 atom stereocenters. The van der Waals surface area contributed by atoms with Crippen molar-refractivity contribution in [3.8, 4) is 0 Å². The second-order valence-corrected chi connectivity index (χ2v) is 18.0. The van der Waals surface area contributed by atoms with Crippen molar-refractivity contribution in [1.29, 1.82) is 0 Å². The third kappa shape index (κ3) is 13.0. The summed E-state index contributed by atoms with van der Waals surface area (Å²) in [4.78, 5) is 28.1. The standard InChI is InChI=1S/C44H57NO7Si/c1-6-48-44(47)39(30-35-22-14-10-15-23-35)45-43(46)42(51-33-38-28-20-13-21-29-38)41(50-32-37-26-18-12-19-27-37)40(49-31-36-24-16-11-17-25-36)34(5)52-53(7-2,8-3)9-4/h10-29,34,39-42H,6-9,30-33H2,1-5H3,(H,45,46)/t34-,39-,40-,41+,42+/m0/s1. The van der Waals surface area contributed by atoms with Gasteiger partial charge in [0.1, 0.15) is 18.2 Å². The molecule has 1 N–H and O–H groups in total. The Morgan fingerprint density at radius 2 is 1.00 bits per heavy atom. The van der Waals surface area contributed by atoms with Gasteiger partial charge in [-0.3, -0.25) is 4.79 Å². The quantitative estimate of drug-likeness (QED) is 0.0603. The summed E-state index contributed by atoms with van der Waals surface area (Å²) >= 11 is 0. The molecule has 4 aromatic rings. The van der Waals surface area contributed by atoms with Gasteiger partial charge in [-0.25, -0.2) is 4.79 Å². The average molecular weight is 740 g/mol. The molecule has 0 aliphatic rings. The summed E-state index contributed by atoms with van der Waals surface area (Å²) in [6.45, 7) is 11.1. The first-order valence-corrected chi connectivity index (χ1v) is 21.5. The molecule has 0 bridgehead atoms. The van der Waals surface area contributed by atoms with E-state index in [-0.39, 0.29) is 32.8 Å². The molecule has 4 aromatic carbocycles. The molecule has 9 heteroatoms. The van der Waals surface area contributed by atoms with Crippen molar-refractivity contribution in [1.82, 2.24) is 5.32 Å². The number of rotatable bonds is 23. The van der Waals surface area contributed by atoms with Crippen LogP contribution < -0.4 is 5.32 Å². The number of hydrogen-bond acceptors (Lipinski definition) is 7. The number of carbonyl (C=O) groups is 2. The summed E-state index contributed by atoms with van der Waals surface area (Å²) in [7, 11) is -2.15. The van der Waals surface area contributed by atoms with Gasteiger partial charge in [0.05, 0.1) is 32.5 Å². The molecule has 0 unspecified atom stereocenters. The highest BCUT2D eigenvalue weighted by Gasteiger charge is 2.44. The molecule has 284 valence electrons. The molecular weight excluding hydrogens is 683 g/mol. The van der Waals surface area contributed by atoms with Crippen LogP contribution in [0.5, 0.6) is 0 Å². The van der Waals surface area contributed by atoms with Gasteiger partial charge in [-0.05, 0) is 54.2 Å². The Labute approximate surface area is 317 Å². The molecule has 0 aromatic heterocycles. The van der Waals surface area contributed by atoms with Crippen molar-refractivity contribution in [3.05, 3.63) is 144 Å². The van der Waals surface area contributed by atoms with Crippen LogP contribution in [-0.4, -0.2) is 57.3 Å². The smallest absolute Gasteiger partial charge is 0.328 e. The number of esters is 1. The van der Waals surface area contributed by atoms with E-state index in [1.54, 1.807) is 6.92 Å². The minimum atomic E-state index is -2.15. The summed E-state index contributed by atoms with van der Waals surface area (Å²) in [6.07, 6.45) is -3.06. The number of amides is 1. The molecule has 53 heavy (non-hydrogen) atoms. The average Bonchev–Trinajstić information content (AvgIpc) is 3.20. The number of benzene rings is 4. The zero-order chi connectivity index (χ0) is 37.9. The maximum atomic E-state index is 14.8. The van der Waals surface area contributed by atoms with Gasteiger partial charge < -0.3 is 28.7 Å². The minimum Gasteiger partial charge on any atom is -0.464 e. The second kappa shape index (κ2) is 22.2. The molecule has 0 fully saturated rings. The zero-order valence-corrected chi connectivity index (χ0v) is 32.9. The lowest BCUT2D eigenvalue weighted by molar-refractivity contribution is -0.183. The van der Waals surface area contributed by atoms with Crippen LogP contribution in [0.3, 0.4) is 0 Å². The summed E-state index contributed by atoms with van der Waals surface area (Å²) in [6, 6.07) is 40.9. The molecule has 8 nitrogen and oxygen atoms in total. The highest BCUT2D eigenvalue weighted by atomic mass is 28.4. The Bertz CT molecular complexity index is 1600. The Hall–Kier alpha value is -4.12. The number of carbonyl (C=O) groups excluding carboxylic acids is 2. The number of hydrogen-bond donors (Lipinski definition) is 1. The normalized spacial score (nSPS) is 14.4. The van der Waals surface area contributed by atoms with E-state index in [1.165, 1.54) is 0 Å². The van der Waals surface area contributed by atoms with Crippen LogP contribution in [0.1, 0.15) is 56.9 Å². The van der Waals surface area contributed by atoms with Crippen LogP contribution in [0.25, 0.3) is 0 Å². The zero-order valence-electron chi connectivity index (χ0n) is 31.9. The topological polar surface area (TPSA) is 92.3 Å². The predicted octanol–water partition coefficient (Wildman–Crippen LogP) is 8.44. The van der Waals surface area contributed by atoms with Crippen molar-refractivity contribution in [2.45, 2.75) is 109 Å². The fourth-order valence-electron chi connectivity index (χ4n) is 6.47. The molecule has 0 radical (unpaired) electrons. The minimum absolute atomic E-state index is 0.130. The van der Waals surface area contributed by atoms with E-state index in [9.17, 15) is 9.59 Å². The van der Waals surface area contributed by atoms with E-state index in [4.69, 9.17) is 23.4 Å². The lowest BCUT2D eigenvalue weighted by Crippen LogP contribution is -2.58. The van der Waals surface area contributed by atoms with Crippen molar-refractivity contribution in [2.75, 3.05) is 6.61 Å². The monoisotopic (exact) mass is 739 g/mol. The van der Waals surface area contributed by atoms with Crippen LogP contribution in [0, 0.1) is 0 Å². The largest absolute Gasteiger partial charge is 0.464 e. The maximum Gasteiger partial charge on any atom is 0.328 e. The first-order chi connectivity index (χ1) is 25.8. The third-order valence-corrected chi connectivity index (χ3v) is 14.5. The van der Waals surface area contributed by atoms with Gasteiger partial charge in [-0.2, -0.15) is 0 Å². The molecule has 4 rings (SSSR count). The maximum absolute atomic E-state index is 14.8. The van der Waals surface area contributed by atoms with Crippen molar-refractivity contribution in [2.24, 2.45) is 0 Å². The second-order valence-electron chi connectivity index (χ2n) is 13.3. The van der Waals surface area contributed by atoms with Gasteiger partial charge in [0, 0.05) is 6.42 Å². The highest BCUT2D eigenvalue weighted by Crippen LogP contribution is 2.29. The fourth-order valence-corrected chi connectivity index (χ4v) is 9.39. The van der Waals surface area contributed by atoms with Gasteiger partial charge in [0.25, 0.3) is 5.91 Å². The molecular formula is C44H57NO7Si. The Kier molecular flexibility index (Phi) is 17.4. The summed E-state index contributed by atoms with van der Waals surface area (Å²) in [5.74, 6) is -1.02. The molecule has 0 saturated heterocycles. The van der Waals surface area contributed by atoms with E-state index >= 15 is 0 Å². The van der Waals surface area contributed by atoms with Crippen LogP contribution >= 0.6 is 0 Å². The van der Waals surface area contributed by atoms with Gasteiger partial charge in [0.15, 0.2) is 14.4 Å². The summed E-state index contributed by atoms with van der Waals surface area (Å²) < 4.78 is 32.7. The van der Waals surface area contributed by atoms with Gasteiger partial charge in [-0.15, -0.1) is 0 Å². The first kappa shape index (κ1) is 41.6. The first-order valence-electron chi connectivity index (χ1n) is 19.0. The van der Waals surface area contributed by atoms with E-state index in [0.29, 0.717) is 0 Å². The van der Waals surface area contributed by atoms with E-state index < -0.39 is 50.7 Å². The molecule has 0 aliphatic carbocycles. The van der Waals surface area contributed by atoms with Crippen LogP contribution in [0.15, 0.2) is 121 Å². The molecule has 0 saturated carbocycles. The van der Waals surface area contributed by atoms with E-state index in [0.717, 1.165) is 40.4 Å². The third-order valence-electron chi connectivity index (χ3n) is 9.73. The molecule has 0 spiro atoms.